The Morgan fingerprint density at radius 3 is 3.00 bits per heavy atom. The average Bonchev–Trinajstić information content (AvgIpc) is 2.45. The van der Waals surface area contributed by atoms with Crippen molar-refractivity contribution >= 4 is 6.09 Å². The molecule has 0 atom stereocenters. The molecule has 0 aliphatic heterocycles. The van der Waals surface area contributed by atoms with Crippen molar-refractivity contribution in [2.75, 3.05) is 27.1 Å². The Kier molecular flexibility index (Phi) is 8.42. The molecular weight excluding hydrogens is 246 g/mol. The van der Waals surface area contributed by atoms with E-state index in [4.69, 9.17) is 14.2 Å². The molecule has 1 aromatic carbocycles. The lowest BCUT2D eigenvalue weighted by molar-refractivity contribution is -0.0314. The maximum Gasteiger partial charge on any atom is 0.407 e. The van der Waals surface area contributed by atoms with E-state index < -0.39 is 6.09 Å². The third-order valence-electron chi connectivity index (χ3n) is 2.32. The van der Waals surface area contributed by atoms with Gasteiger partial charge in [0.15, 0.2) is 0 Å². The molecule has 0 saturated heterocycles. The molecule has 1 aromatic rings. The zero-order valence-corrected chi connectivity index (χ0v) is 11.2. The Morgan fingerprint density at radius 2 is 2.26 bits per heavy atom. The van der Waals surface area contributed by atoms with Gasteiger partial charge in [-0.15, -0.1) is 0 Å². The quantitative estimate of drug-likeness (QED) is 0.549. The first-order valence-corrected chi connectivity index (χ1v) is 6.26. The van der Waals surface area contributed by atoms with E-state index in [1.807, 2.05) is 18.2 Å². The van der Waals surface area contributed by atoms with Gasteiger partial charge in [-0.2, -0.15) is 0 Å². The van der Waals surface area contributed by atoms with E-state index in [1.54, 1.807) is 13.2 Å². The molecule has 0 bridgehead atoms. The summed E-state index contributed by atoms with van der Waals surface area (Å²) in [6.45, 7) is 1.75. The molecule has 0 aliphatic carbocycles. The number of amides is 1. The molecule has 0 heterocycles. The van der Waals surface area contributed by atoms with Crippen LogP contribution in [0.1, 0.15) is 18.4 Å². The van der Waals surface area contributed by atoms with Gasteiger partial charge >= 0.3 is 6.09 Å². The summed E-state index contributed by atoms with van der Waals surface area (Å²) < 4.78 is 14.9. The van der Waals surface area contributed by atoms with Gasteiger partial charge in [-0.3, -0.25) is 0 Å². The van der Waals surface area contributed by atoms with E-state index in [9.17, 15) is 4.79 Å². The van der Waals surface area contributed by atoms with Gasteiger partial charge in [0.1, 0.15) is 13.4 Å². The minimum absolute atomic E-state index is 0.240. The highest BCUT2D eigenvalue weighted by atomic mass is 16.7. The SMILES string of the molecule is COCOCCCCNC(=O)OCc1[c]cccc1. The summed E-state index contributed by atoms with van der Waals surface area (Å²) in [7, 11) is 1.59. The maximum atomic E-state index is 11.4. The topological polar surface area (TPSA) is 56.8 Å². The largest absolute Gasteiger partial charge is 0.445 e. The van der Waals surface area contributed by atoms with Gasteiger partial charge in [0.05, 0.1) is 0 Å². The molecule has 105 valence electrons. The molecule has 0 aliphatic rings. The van der Waals surface area contributed by atoms with Crippen molar-refractivity contribution in [3.05, 3.63) is 35.9 Å². The standard InChI is InChI=1S/C14H20NO4/c1-17-12-18-10-6-5-9-15-14(16)19-11-13-7-3-2-4-8-13/h2-4,7H,5-6,9-12H2,1H3,(H,15,16). The van der Waals surface area contributed by atoms with Crippen molar-refractivity contribution in [3.8, 4) is 0 Å². The fourth-order valence-electron chi connectivity index (χ4n) is 1.38. The van der Waals surface area contributed by atoms with Crippen molar-refractivity contribution < 1.29 is 19.0 Å². The van der Waals surface area contributed by atoms with E-state index in [2.05, 4.69) is 11.4 Å². The Morgan fingerprint density at radius 1 is 1.37 bits per heavy atom. The molecule has 0 saturated carbocycles. The number of benzene rings is 1. The number of carbonyl (C=O) groups excluding carboxylic acids is 1. The Balaban J connectivity index is 1.96. The molecule has 1 N–H and O–H groups in total. The maximum absolute atomic E-state index is 11.4. The Labute approximate surface area is 113 Å². The van der Waals surface area contributed by atoms with Crippen LogP contribution < -0.4 is 5.32 Å². The van der Waals surface area contributed by atoms with Crippen molar-refractivity contribution in [1.82, 2.24) is 5.32 Å². The highest BCUT2D eigenvalue weighted by Crippen LogP contribution is 1.99. The number of hydrogen-bond acceptors (Lipinski definition) is 4. The Bertz CT molecular complexity index is 343. The summed E-state index contributed by atoms with van der Waals surface area (Å²) in [4.78, 5) is 11.4. The lowest BCUT2D eigenvalue weighted by Gasteiger charge is -2.07. The molecule has 0 aromatic heterocycles. The second kappa shape index (κ2) is 10.3. The first-order valence-electron chi connectivity index (χ1n) is 6.26. The summed E-state index contributed by atoms with van der Waals surface area (Å²) in [6, 6.07) is 10.4. The van der Waals surface area contributed by atoms with Crippen LogP contribution in [-0.4, -0.2) is 33.1 Å². The lowest BCUT2D eigenvalue weighted by Crippen LogP contribution is -2.25. The third-order valence-corrected chi connectivity index (χ3v) is 2.32. The molecule has 1 amide bonds. The molecule has 0 unspecified atom stereocenters. The number of hydrogen-bond donors (Lipinski definition) is 1. The van der Waals surface area contributed by atoms with Crippen molar-refractivity contribution in [3.63, 3.8) is 0 Å². The number of nitrogens with one attached hydrogen (secondary N) is 1. The monoisotopic (exact) mass is 266 g/mol. The smallest absolute Gasteiger partial charge is 0.407 e. The van der Waals surface area contributed by atoms with Crippen LogP contribution in [0.3, 0.4) is 0 Å². The van der Waals surface area contributed by atoms with Crippen LogP contribution in [0.5, 0.6) is 0 Å². The fourth-order valence-corrected chi connectivity index (χ4v) is 1.38. The van der Waals surface area contributed by atoms with Crippen molar-refractivity contribution in [2.24, 2.45) is 0 Å². The van der Waals surface area contributed by atoms with Crippen LogP contribution in [0.2, 0.25) is 0 Å². The van der Waals surface area contributed by atoms with Crippen LogP contribution in [-0.2, 0) is 20.8 Å². The molecule has 1 radical (unpaired) electrons. The van der Waals surface area contributed by atoms with Gasteiger partial charge in [-0.1, -0.05) is 24.3 Å². The first kappa shape index (κ1) is 15.5. The molecule has 19 heavy (non-hydrogen) atoms. The zero-order chi connectivity index (χ0) is 13.8. The zero-order valence-electron chi connectivity index (χ0n) is 11.2. The predicted octanol–water partition coefficient (Wildman–Crippen LogP) is 2.11. The molecule has 5 heteroatoms. The van der Waals surface area contributed by atoms with E-state index in [1.165, 1.54) is 0 Å². The Hall–Kier alpha value is -1.59. The predicted molar refractivity (Wildman–Crippen MR) is 70.5 cm³/mol. The summed E-state index contributed by atoms with van der Waals surface area (Å²) in [6.07, 6.45) is 1.31. The highest BCUT2D eigenvalue weighted by molar-refractivity contribution is 5.67. The van der Waals surface area contributed by atoms with Crippen LogP contribution in [0, 0.1) is 6.07 Å². The van der Waals surface area contributed by atoms with Gasteiger partial charge in [-0.25, -0.2) is 4.79 Å². The summed E-state index contributed by atoms with van der Waals surface area (Å²) in [5, 5.41) is 2.68. The van der Waals surface area contributed by atoms with Crippen LogP contribution in [0.25, 0.3) is 0 Å². The molecule has 0 spiro atoms. The number of carbonyl (C=O) groups is 1. The van der Waals surface area contributed by atoms with Gasteiger partial charge in [0.2, 0.25) is 0 Å². The average molecular weight is 266 g/mol. The van der Waals surface area contributed by atoms with Crippen LogP contribution in [0.15, 0.2) is 24.3 Å². The van der Waals surface area contributed by atoms with Gasteiger partial charge < -0.3 is 19.5 Å². The van der Waals surface area contributed by atoms with Gasteiger partial charge in [-0.05, 0) is 24.5 Å². The minimum atomic E-state index is -0.407. The van der Waals surface area contributed by atoms with E-state index in [0.29, 0.717) is 19.9 Å². The molecular formula is C14H20NO4. The number of alkyl carbamates (subject to hydrolysis) is 1. The van der Waals surface area contributed by atoms with Crippen molar-refractivity contribution in [2.45, 2.75) is 19.4 Å². The van der Waals surface area contributed by atoms with Crippen LogP contribution in [0.4, 0.5) is 4.79 Å². The summed E-state index contributed by atoms with van der Waals surface area (Å²) in [5.74, 6) is 0. The number of rotatable bonds is 9. The second-order valence-corrected chi connectivity index (χ2v) is 3.91. The van der Waals surface area contributed by atoms with Crippen molar-refractivity contribution in [1.29, 1.82) is 0 Å². The number of methoxy groups -OCH3 is 1. The molecule has 1 rings (SSSR count). The van der Waals surface area contributed by atoms with E-state index in [-0.39, 0.29) is 6.61 Å². The summed E-state index contributed by atoms with van der Waals surface area (Å²) in [5.41, 5.74) is 0.852. The molecule has 0 fully saturated rings. The normalized spacial score (nSPS) is 10.2. The third kappa shape index (κ3) is 8.18. The van der Waals surface area contributed by atoms with E-state index >= 15 is 0 Å². The molecule has 5 nitrogen and oxygen atoms in total. The second-order valence-electron chi connectivity index (χ2n) is 3.91. The van der Waals surface area contributed by atoms with E-state index in [0.717, 1.165) is 18.4 Å². The summed E-state index contributed by atoms with van der Waals surface area (Å²) >= 11 is 0. The fraction of sp³-hybridized carbons (Fsp3) is 0.500. The number of ether oxygens (including phenoxy) is 3. The van der Waals surface area contributed by atoms with Gasteiger partial charge in [0.25, 0.3) is 0 Å². The lowest BCUT2D eigenvalue weighted by atomic mass is 10.2. The highest BCUT2D eigenvalue weighted by Gasteiger charge is 2.01. The van der Waals surface area contributed by atoms with Crippen LogP contribution >= 0.6 is 0 Å². The minimum Gasteiger partial charge on any atom is -0.445 e. The first-order chi connectivity index (χ1) is 9.33. The van der Waals surface area contributed by atoms with Gasteiger partial charge in [0, 0.05) is 20.3 Å². The number of unbranched alkanes of at least 4 members (excludes halogenated alkanes) is 1.